The number of aryl methyl sites for hydroxylation is 2. The summed E-state index contributed by atoms with van der Waals surface area (Å²) in [6.07, 6.45) is 17.7. The first-order valence-corrected chi connectivity index (χ1v) is 35.4. The molecule has 2 heteroatoms. The van der Waals surface area contributed by atoms with Crippen LogP contribution < -0.4 is 0 Å². The van der Waals surface area contributed by atoms with Crippen LogP contribution >= 0.6 is 0 Å². The number of benzene rings is 4. The molecule has 0 N–H and O–H groups in total. The van der Waals surface area contributed by atoms with Gasteiger partial charge in [0.05, 0.1) is 0 Å². The molecule has 0 saturated heterocycles. The van der Waals surface area contributed by atoms with E-state index >= 15 is 0 Å². The van der Waals surface area contributed by atoms with Crippen molar-refractivity contribution in [3.8, 4) is 22.3 Å². The zero-order chi connectivity index (χ0) is 29.8. The summed E-state index contributed by atoms with van der Waals surface area (Å²) in [5.74, 6) is 0. The van der Waals surface area contributed by atoms with Crippen LogP contribution in [0.25, 0.3) is 34.4 Å². The summed E-state index contributed by atoms with van der Waals surface area (Å²) in [6.45, 7) is 7.24. The fraction of sp³-hybridized carbons (Fsp3) is 0.317. The molecular weight excluding hydrogens is 699 g/mol. The molecule has 3 aliphatic carbocycles. The monoisotopic (exact) mass is 746 g/mol. The van der Waals surface area contributed by atoms with Crippen LogP contribution in [-0.4, -0.2) is 5.49 Å². The van der Waals surface area contributed by atoms with Crippen molar-refractivity contribution < 1.29 is 17.1 Å². The molecule has 1 fully saturated rings. The van der Waals surface area contributed by atoms with E-state index in [-0.39, 0.29) is 0 Å². The number of rotatable bonds is 5. The maximum absolute atomic E-state index is 3.86. The van der Waals surface area contributed by atoms with E-state index in [1.807, 2.05) is 0 Å². The van der Waals surface area contributed by atoms with Gasteiger partial charge in [-0.15, -0.1) is 0 Å². The molecule has 1 saturated carbocycles. The topological polar surface area (TPSA) is 0 Å². The van der Waals surface area contributed by atoms with Crippen molar-refractivity contribution >= 4 is 17.6 Å². The van der Waals surface area contributed by atoms with Gasteiger partial charge in [0.1, 0.15) is 0 Å². The second-order valence-corrected chi connectivity index (χ2v) is 61.5. The summed E-state index contributed by atoms with van der Waals surface area (Å²) in [5, 5.41) is 0. The van der Waals surface area contributed by atoms with Crippen LogP contribution in [0.2, 0.25) is 21.4 Å². The Bertz CT molecular complexity index is 1740. The molecule has 0 spiro atoms. The van der Waals surface area contributed by atoms with Gasteiger partial charge < -0.3 is 0 Å². The summed E-state index contributed by atoms with van der Waals surface area (Å²) in [5.41, 5.74) is 14.7. The van der Waals surface area contributed by atoms with E-state index in [1.165, 1.54) is 76.6 Å². The van der Waals surface area contributed by atoms with Crippen molar-refractivity contribution in [1.29, 1.82) is 0 Å². The van der Waals surface area contributed by atoms with Gasteiger partial charge >= 0.3 is 262 Å². The molecule has 4 aromatic carbocycles. The SMILES string of the molecule is Cc1cccc(-c2cccc3c2C=C[CH]3[Hf]([CH3])([CH3])([CH]2C=Cc3c(-c4cccc(C)c4)cccc32)=[Si](C)C2CCCCC2)c1. The van der Waals surface area contributed by atoms with Crippen molar-refractivity contribution in [1.82, 2.24) is 0 Å². The van der Waals surface area contributed by atoms with Crippen molar-refractivity contribution in [3.63, 3.8) is 0 Å². The van der Waals surface area contributed by atoms with Crippen LogP contribution in [0.1, 0.15) is 72.8 Å². The second kappa shape index (κ2) is 11.1. The molecule has 0 bridgehead atoms. The van der Waals surface area contributed by atoms with E-state index in [2.05, 4.69) is 139 Å². The summed E-state index contributed by atoms with van der Waals surface area (Å²) >= 11 is -3.86. The quantitative estimate of drug-likeness (QED) is 0.179. The van der Waals surface area contributed by atoms with E-state index in [1.54, 1.807) is 11.1 Å². The van der Waals surface area contributed by atoms with Crippen LogP contribution in [0, 0.1) is 13.8 Å². The molecule has 218 valence electrons. The van der Waals surface area contributed by atoms with Gasteiger partial charge in [0, 0.05) is 0 Å². The summed E-state index contributed by atoms with van der Waals surface area (Å²) in [4.78, 5) is 0. The molecule has 0 amide bonds. The zero-order valence-electron chi connectivity index (χ0n) is 26.7. The Balaban J connectivity index is 1.44. The predicted octanol–water partition coefficient (Wildman–Crippen LogP) is 12.2. The van der Waals surface area contributed by atoms with E-state index in [0.717, 1.165) is 5.54 Å². The van der Waals surface area contributed by atoms with Gasteiger partial charge in [-0.2, -0.15) is 0 Å². The van der Waals surface area contributed by atoms with Gasteiger partial charge in [-0.05, 0) is 0 Å². The van der Waals surface area contributed by atoms with Crippen LogP contribution in [0.15, 0.2) is 97.1 Å². The van der Waals surface area contributed by atoms with Crippen molar-refractivity contribution in [3.05, 3.63) is 130 Å². The summed E-state index contributed by atoms with van der Waals surface area (Å²) in [6, 6.07) is 32.6. The Morgan fingerprint density at radius 2 is 1.07 bits per heavy atom. The Kier molecular flexibility index (Phi) is 7.54. The van der Waals surface area contributed by atoms with Crippen LogP contribution in [0.3, 0.4) is 0 Å². The van der Waals surface area contributed by atoms with Gasteiger partial charge in [0.15, 0.2) is 0 Å². The molecule has 2 atom stereocenters. The molecule has 4 aromatic rings. The first kappa shape index (κ1) is 29.2. The Morgan fingerprint density at radius 3 is 1.53 bits per heavy atom. The molecule has 0 aliphatic heterocycles. The Hall–Kier alpha value is -2.55. The molecule has 0 radical (unpaired) electrons. The van der Waals surface area contributed by atoms with Crippen LogP contribution in [0.5, 0.6) is 0 Å². The van der Waals surface area contributed by atoms with Gasteiger partial charge in [-0.1, -0.05) is 0 Å². The van der Waals surface area contributed by atoms with E-state index in [4.69, 9.17) is 0 Å². The minimum absolute atomic E-state index is 0.584. The van der Waals surface area contributed by atoms with E-state index in [9.17, 15) is 0 Å². The minimum atomic E-state index is -3.86. The standard InChI is InChI=1S/2C16H13.C7H14Si.2CH3.Hf/c2*1-12-5-2-8-14(11-12)16-10-4-7-13-6-3-9-15(13)16;1-8-7-5-3-2-4-6-7;;;/h2*2-11H,1H3;7H,2-6H2,1H3;2*1H3;. The Morgan fingerprint density at radius 1 is 0.605 bits per heavy atom. The predicted molar refractivity (Wildman–Crippen MR) is 187 cm³/mol. The second-order valence-electron chi connectivity index (χ2n) is 14.7. The maximum atomic E-state index is 2.92. The molecular formula is C41H46HfSi. The Labute approximate surface area is 260 Å². The number of hydrogen-bond donors (Lipinski definition) is 0. The number of hydrogen-bond acceptors (Lipinski definition) is 0. The summed E-state index contributed by atoms with van der Waals surface area (Å²) < 4.78 is 7.02. The molecule has 0 aromatic heterocycles. The average Bonchev–Trinajstić information content (AvgIpc) is 3.67. The molecule has 7 rings (SSSR count). The van der Waals surface area contributed by atoms with Crippen molar-refractivity contribution in [2.45, 2.75) is 74.7 Å². The molecule has 0 heterocycles. The van der Waals surface area contributed by atoms with Crippen LogP contribution in [0.4, 0.5) is 0 Å². The normalized spacial score (nSPS) is 19.9. The first-order chi connectivity index (χ1) is 20.7. The van der Waals surface area contributed by atoms with Gasteiger partial charge in [0.25, 0.3) is 0 Å². The van der Waals surface area contributed by atoms with Crippen molar-refractivity contribution in [2.75, 3.05) is 0 Å². The van der Waals surface area contributed by atoms with E-state index in [0.29, 0.717) is 7.35 Å². The fourth-order valence-electron chi connectivity index (χ4n) is 9.21. The van der Waals surface area contributed by atoms with Gasteiger partial charge in [-0.25, -0.2) is 0 Å². The molecule has 2 unspecified atom stereocenters. The van der Waals surface area contributed by atoms with Crippen LogP contribution in [-0.2, 0) is 17.1 Å². The van der Waals surface area contributed by atoms with Gasteiger partial charge in [0.2, 0.25) is 0 Å². The third-order valence-corrected chi connectivity index (χ3v) is 69.9. The van der Waals surface area contributed by atoms with E-state index < -0.39 is 22.6 Å². The summed E-state index contributed by atoms with van der Waals surface area (Å²) in [7, 11) is 0. The van der Waals surface area contributed by atoms with Gasteiger partial charge in [-0.3, -0.25) is 0 Å². The fourth-order valence-corrected chi connectivity index (χ4v) is 59.5. The number of allylic oxidation sites excluding steroid dienone is 2. The zero-order valence-corrected chi connectivity index (χ0v) is 31.3. The molecule has 3 aliphatic rings. The number of fused-ring (bicyclic) bond motifs is 2. The van der Waals surface area contributed by atoms with Crippen molar-refractivity contribution in [2.24, 2.45) is 0 Å². The molecule has 43 heavy (non-hydrogen) atoms. The first-order valence-electron chi connectivity index (χ1n) is 16.6. The average molecular weight is 745 g/mol. The third-order valence-electron chi connectivity index (χ3n) is 11.9. The third kappa shape index (κ3) is 4.79. The molecule has 0 nitrogen and oxygen atoms in total.